The smallest absolute Gasteiger partial charge is 0.326 e. The normalized spacial score (nSPS) is 11.9. The van der Waals surface area contributed by atoms with E-state index in [2.05, 4.69) is 5.32 Å². The van der Waals surface area contributed by atoms with E-state index in [1.54, 1.807) is 6.92 Å². The van der Waals surface area contributed by atoms with Crippen LogP contribution in [0.25, 0.3) is 0 Å². The number of carbonyl (C=O) groups is 2. The second-order valence-corrected chi connectivity index (χ2v) is 3.67. The SMILES string of the molecule is CCC(NC(=O)Cc1ccc(F)cc1)C(=O)O. The first-order chi connectivity index (χ1) is 8.02. The molecule has 2 N–H and O–H groups in total. The summed E-state index contributed by atoms with van der Waals surface area (Å²) in [6.07, 6.45) is 0.370. The molecule has 17 heavy (non-hydrogen) atoms. The topological polar surface area (TPSA) is 66.4 Å². The molecule has 92 valence electrons. The van der Waals surface area contributed by atoms with Crippen LogP contribution in [-0.2, 0) is 16.0 Å². The molecule has 0 bridgehead atoms. The summed E-state index contributed by atoms with van der Waals surface area (Å²) in [6, 6.07) is 4.64. The van der Waals surface area contributed by atoms with Crippen molar-refractivity contribution in [1.82, 2.24) is 5.32 Å². The predicted molar refractivity (Wildman–Crippen MR) is 60.0 cm³/mol. The largest absolute Gasteiger partial charge is 0.480 e. The van der Waals surface area contributed by atoms with Gasteiger partial charge in [-0.25, -0.2) is 9.18 Å². The third kappa shape index (κ3) is 4.22. The molecular weight excluding hydrogens is 225 g/mol. The molecule has 1 atom stereocenters. The van der Waals surface area contributed by atoms with Gasteiger partial charge in [0.05, 0.1) is 6.42 Å². The van der Waals surface area contributed by atoms with E-state index < -0.39 is 12.0 Å². The van der Waals surface area contributed by atoms with Crippen molar-refractivity contribution in [2.24, 2.45) is 0 Å². The summed E-state index contributed by atoms with van der Waals surface area (Å²) in [5.74, 6) is -1.81. The lowest BCUT2D eigenvalue weighted by molar-refractivity contribution is -0.141. The lowest BCUT2D eigenvalue weighted by Crippen LogP contribution is -2.40. The summed E-state index contributed by atoms with van der Waals surface area (Å²) < 4.78 is 12.6. The van der Waals surface area contributed by atoms with Crippen LogP contribution in [-0.4, -0.2) is 23.0 Å². The number of amides is 1. The van der Waals surface area contributed by atoms with Crippen molar-refractivity contribution in [3.63, 3.8) is 0 Å². The Bertz CT molecular complexity index is 403. The zero-order valence-electron chi connectivity index (χ0n) is 9.44. The number of halogens is 1. The minimum Gasteiger partial charge on any atom is -0.480 e. The zero-order valence-corrected chi connectivity index (χ0v) is 9.44. The minimum absolute atomic E-state index is 0.0457. The van der Waals surface area contributed by atoms with Gasteiger partial charge in [0.25, 0.3) is 0 Å². The van der Waals surface area contributed by atoms with Crippen molar-refractivity contribution in [2.45, 2.75) is 25.8 Å². The van der Waals surface area contributed by atoms with E-state index >= 15 is 0 Å². The van der Waals surface area contributed by atoms with Gasteiger partial charge in [0.15, 0.2) is 0 Å². The molecule has 1 aromatic carbocycles. The highest BCUT2D eigenvalue weighted by atomic mass is 19.1. The van der Waals surface area contributed by atoms with Gasteiger partial charge < -0.3 is 10.4 Å². The van der Waals surface area contributed by atoms with Gasteiger partial charge in [-0.2, -0.15) is 0 Å². The van der Waals surface area contributed by atoms with Crippen LogP contribution in [0.4, 0.5) is 4.39 Å². The number of carboxylic acid groups (broad SMARTS) is 1. The molecule has 0 heterocycles. The first kappa shape index (κ1) is 13.2. The van der Waals surface area contributed by atoms with E-state index in [-0.39, 0.29) is 18.1 Å². The average Bonchev–Trinajstić information content (AvgIpc) is 2.28. The van der Waals surface area contributed by atoms with Gasteiger partial charge in [-0.15, -0.1) is 0 Å². The second kappa shape index (κ2) is 5.98. The van der Waals surface area contributed by atoms with Crippen molar-refractivity contribution < 1.29 is 19.1 Å². The maximum atomic E-state index is 12.6. The van der Waals surface area contributed by atoms with Crippen LogP contribution in [0.2, 0.25) is 0 Å². The van der Waals surface area contributed by atoms with Gasteiger partial charge in [-0.05, 0) is 24.1 Å². The Hall–Kier alpha value is -1.91. The summed E-state index contributed by atoms with van der Waals surface area (Å²) in [7, 11) is 0. The van der Waals surface area contributed by atoms with Crippen molar-refractivity contribution in [1.29, 1.82) is 0 Å². The predicted octanol–water partition coefficient (Wildman–Crippen LogP) is 1.35. The quantitative estimate of drug-likeness (QED) is 0.815. The van der Waals surface area contributed by atoms with Crippen LogP contribution < -0.4 is 5.32 Å². The molecule has 5 heteroatoms. The Morgan fingerprint density at radius 2 is 1.94 bits per heavy atom. The third-order valence-corrected chi connectivity index (χ3v) is 2.32. The number of hydrogen-bond acceptors (Lipinski definition) is 2. The van der Waals surface area contributed by atoms with Gasteiger partial charge in [0, 0.05) is 0 Å². The number of carboxylic acids is 1. The molecule has 1 unspecified atom stereocenters. The number of rotatable bonds is 5. The maximum absolute atomic E-state index is 12.6. The monoisotopic (exact) mass is 239 g/mol. The second-order valence-electron chi connectivity index (χ2n) is 3.67. The molecular formula is C12H14FNO3. The molecule has 0 aliphatic carbocycles. The molecule has 4 nitrogen and oxygen atoms in total. The van der Waals surface area contributed by atoms with E-state index in [0.29, 0.717) is 12.0 Å². The van der Waals surface area contributed by atoms with Crippen LogP contribution in [0.15, 0.2) is 24.3 Å². The summed E-state index contributed by atoms with van der Waals surface area (Å²) in [6.45, 7) is 1.68. The average molecular weight is 239 g/mol. The summed E-state index contributed by atoms with van der Waals surface area (Å²) in [5, 5.41) is 11.2. The van der Waals surface area contributed by atoms with Crippen LogP contribution >= 0.6 is 0 Å². The molecule has 1 rings (SSSR count). The van der Waals surface area contributed by atoms with Gasteiger partial charge in [0.2, 0.25) is 5.91 Å². The third-order valence-electron chi connectivity index (χ3n) is 2.32. The first-order valence-electron chi connectivity index (χ1n) is 5.29. The minimum atomic E-state index is -1.06. The van der Waals surface area contributed by atoms with Gasteiger partial charge in [-0.3, -0.25) is 4.79 Å². The summed E-state index contributed by atoms with van der Waals surface area (Å²) >= 11 is 0. The Labute approximate surface area is 98.5 Å². The number of hydrogen-bond donors (Lipinski definition) is 2. The molecule has 0 radical (unpaired) electrons. The highest BCUT2D eigenvalue weighted by molar-refractivity contribution is 5.84. The van der Waals surface area contributed by atoms with E-state index in [0.717, 1.165) is 0 Å². The Balaban J connectivity index is 2.54. The fourth-order valence-corrected chi connectivity index (χ4v) is 1.37. The molecule has 1 amide bonds. The Morgan fingerprint density at radius 1 is 1.35 bits per heavy atom. The van der Waals surface area contributed by atoms with E-state index in [4.69, 9.17) is 5.11 Å². The number of carbonyl (C=O) groups excluding carboxylic acids is 1. The highest BCUT2D eigenvalue weighted by Gasteiger charge is 2.17. The summed E-state index contributed by atoms with van der Waals surface area (Å²) in [4.78, 5) is 22.2. The van der Waals surface area contributed by atoms with Crippen molar-refractivity contribution in [2.75, 3.05) is 0 Å². The van der Waals surface area contributed by atoms with Crippen molar-refractivity contribution in [3.8, 4) is 0 Å². The van der Waals surface area contributed by atoms with Crippen LogP contribution in [0.5, 0.6) is 0 Å². The fourth-order valence-electron chi connectivity index (χ4n) is 1.37. The number of nitrogens with one attached hydrogen (secondary N) is 1. The lowest BCUT2D eigenvalue weighted by atomic mass is 10.1. The standard InChI is InChI=1S/C12H14FNO3/c1-2-10(12(16)17)14-11(15)7-8-3-5-9(13)6-4-8/h3-6,10H,2,7H2,1H3,(H,14,15)(H,16,17). The zero-order chi connectivity index (χ0) is 12.8. The molecule has 1 aromatic rings. The molecule has 0 spiro atoms. The van der Waals surface area contributed by atoms with E-state index in [1.807, 2.05) is 0 Å². The molecule has 0 aromatic heterocycles. The molecule has 0 aliphatic heterocycles. The van der Waals surface area contributed by atoms with Gasteiger partial charge in [-0.1, -0.05) is 19.1 Å². The summed E-state index contributed by atoms with van der Waals surface area (Å²) in [5.41, 5.74) is 0.643. The highest BCUT2D eigenvalue weighted by Crippen LogP contribution is 2.04. The van der Waals surface area contributed by atoms with Crippen molar-refractivity contribution in [3.05, 3.63) is 35.6 Å². The number of aliphatic carboxylic acids is 1. The molecule has 0 saturated heterocycles. The van der Waals surface area contributed by atoms with Crippen LogP contribution in [0, 0.1) is 5.82 Å². The molecule has 0 fully saturated rings. The molecule has 0 aliphatic rings. The number of benzene rings is 1. The lowest BCUT2D eigenvalue weighted by Gasteiger charge is -2.12. The maximum Gasteiger partial charge on any atom is 0.326 e. The van der Waals surface area contributed by atoms with E-state index in [9.17, 15) is 14.0 Å². The van der Waals surface area contributed by atoms with Gasteiger partial charge >= 0.3 is 5.97 Å². The van der Waals surface area contributed by atoms with Crippen LogP contribution in [0.3, 0.4) is 0 Å². The first-order valence-corrected chi connectivity index (χ1v) is 5.29. The van der Waals surface area contributed by atoms with Crippen molar-refractivity contribution >= 4 is 11.9 Å². The van der Waals surface area contributed by atoms with E-state index in [1.165, 1.54) is 24.3 Å². The Morgan fingerprint density at radius 3 is 2.41 bits per heavy atom. The van der Waals surface area contributed by atoms with Crippen LogP contribution in [0.1, 0.15) is 18.9 Å². The Kier molecular flexibility index (Phi) is 4.63. The van der Waals surface area contributed by atoms with Gasteiger partial charge in [0.1, 0.15) is 11.9 Å². The fraction of sp³-hybridized carbons (Fsp3) is 0.333. The molecule has 0 saturated carbocycles.